The highest BCUT2D eigenvalue weighted by atomic mass is 35.5. The Bertz CT molecular complexity index is 498. The quantitative estimate of drug-likeness (QED) is 0.898. The van der Waals surface area contributed by atoms with Gasteiger partial charge in [0.05, 0.1) is 10.6 Å². The fraction of sp³-hybridized carbons (Fsp3) is 0.250. The summed E-state index contributed by atoms with van der Waals surface area (Å²) in [6, 6.07) is 2.11. The molecule has 0 aliphatic heterocycles. The largest absolute Gasteiger partial charge is 0.416 e. The van der Waals surface area contributed by atoms with Crippen LogP contribution >= 0.6 is 11.6 Å². The van der Waals surface area contributed by atoms with Crippen LogP contribution in [0.15, 0.2) is 23.1 Å². The van der Waals surface area contributed by atoms with Gasteiger partial charge in [-0.2, -0.15) is 13.2 Å². The first kappa shape index (κ1) is 13.3. The van der Waals surface area contributed by atoms with Crippen LogP contribution in [-0.2, 0) is 16.2 Å². The van der Waals surface area contributed by atoms with Crippen molar-refractivity contribution in [1.82, 2.24) is 4.72 Å². The van der Waals surface area contributed by atoms with Crippen LogP contribution in [0.5, 0.6) is 0 Å². The van der Waals surface area contributed by atoms with Gasteiger partial charge in [-0.15, -0.1) is 0 Å². The molecule has 0 saturated heterocycles. The van der Waals surface area contributed by atoms with Crippen LogP contribution < -0.4 is 4.72 Å². The van der Waals surface area contributed by atoms with Crippen molar-refractivity contribution in [2.75, 3.05) is 7.05 Å². The molecule has 0 unspecified atom stereocenters. The van der Waals surface area contributed by atoms with E-state index in [-0.39, 0.29) is 5.02 Å². The molecule has 0 atom stereocenters. The molecule has 0 radical (unpaired) electrons. The summed E-state index contributed by atoms with van der Waals surface area (Å²) in [5.74, 6) is 0. The number of hydrogen-bond acceptors (Lipinski definition) is 2. The number of hydrogen-bond donors (Lipinski definition) is 1. The van der Waals surface area contributed by atoms with Crippen LogP contribution in [0, 0.1) is 0 Å². The van der Waals surface area contributed by atoms with Crippen molar-refractivity contribution in [2.45, 2.75) is 11.1 Å². The number of sulfonamides is 1. The van der Waals surface area contributed by atoms with Crippen molar-refractivity contribution in [3.8, 4) is 0 Å². The van der Waals surface area contributed by atoms with Crippen molar-refractivity contribution < 1.29 is 21.6 Å². The van der Waals surface area contributed by atoms with E-state index in [1.54, 1.807) is 0 Å². The van der Waals surface area contributed by atoms with Crippen molar-refractivity contribution in [1.29, 1.82) is 0 Å². The molecule has 1 aromatic carbocycles. The van der Waals surface area contributed by atoms with Gasteiger partial charge in [0.2, 0.25) is 10.0 Å². The molecule has 0 spiro atoms. The third-order valence-corrected chi connectivity index (χ3v) is 3.71. The Morgan fingerprint density at radius 3 is 2.31 bits per heavy atom. The molecule has 0 aromatic heterocycles. The summed E-state index contributed by atoms with van der Waals surface area (Å²) >= 11 is 5.52. The van der Waals surface area contributed by atoms with Gasteiger partial charge in [-0.3, -0.25) is 0 Å². The van der Waals surface area contributed by atoms with Gasteiger partial charge in [-0.05, 0) is 25.2 Å². The van der Waals surface area contributed by atoms with Gasteiger partial charge in [0.15, 0.2) is 0 Å². The van der Waals surface area contributed by atoms with Gasteiger partial charge in [-0.25, -0.2) is 13.1 Å². The first-order valence-corrected chi connectivity index (χ1v) is 5.85. The van der Waals surface area contributed by atoms with Crippen molar-refractivity contribution >= 4 is 21.6 Å². The Morgan fingerprint density at radius 2 is 1.88 bits per heavy atom. The van der Waals surface area contributed by atoms with Gasteiger partial charge in [0.1, 0.15) is 4.90 Å². The highest BCUT2D eigenvalue weighted by Gasteiger charge is 2.32. The summed E-state index contributed by atoms with van der Waals surface area (Å²) in [7, 11) is -2.90. The third-order valence-electron chi connectivity index (χ3n) is 1.82. The lowest BCUT2D eigenvalue weighted by Gasteiger charge is -2.10. The lowest BCUT2D eigenvalue weighted by molar-refractivity contribution is -0.137. The van der Waals surface area contributed by atoms with Crippen molar-refractivity contribution in [3.63, 3.8) is 0 Å². The second-order valence-corrected chi connectivity index (χ2v) is 5.11. The molecular formula is C8H7ClF3NO2S. The summed E-state index contributed by atoms with van der Waals surface area (Å²) < 4.78 is 61.6. The minimum absolute atomic E-state index is 0.262. The standard InChI is InChI=1S/C8H7ClF3NO2S/c1-13-16(14,15)7-4-5(8(10,11)12)2-3-6(7)9/h2-4,13H,1H3. The van der Waals surface area contributed by atoms with Crippen LogP contribution in [0.25, 0.3) is 0 Å². The van der Waals surface area contributed by atoms with Crippen LogP contribution in [0.1, 0.15) is 5.56 Å². The highest BCUT2D eigenvalue weighted by Crippen LogP contribution is 2.33. The number of halogens is 4. The third kappa shape index (κ3) is 2.66. The SMILES string of the molecule is CNS(=O)(=O)c1cc(C(F)(F)F)ccc1Cl. The molecule has 0 fully saturated rings. The molecule has 0 aliphatic carbocycles. The first-order valence-electron chi connectivity index (χ1n) is 3.99. The smallest absolute Gasteiger partial charge is 0.214 e. The average molecular weight is 274 g/mol. The fourth-order valence-electron chi connectivity index (χ4n) is 0.996. The lowest BCUT2D eigenvalue weighted by atomic mass is 10.2. The molecule has 0 aliphatic rings. The predicted octanol–water partition coefficient (Wildman–Crippen LogP) is 2.27. The Morgan fingerprint density at radius 1 is 1.31 bits per heavy atom. The number of nitrogens with one attached hydrogen (secondary N) is 1. The monoisotopic (exact) mass is 273 g/mol. The molecule has 0 bridgehead atoms. The minimum Gasteiger partial charge on any atom is -0.214 e. The highest BCUT2D eigenvalue weighted by molar-refractivity contribution is 7.89. The second kappa shape index (κ2) is 4.23. The zero-order valence-electron chi connectivity index (χ0n) is 7.97. The molecule has 16 heavy (non-hydrogen) atoms. The van der Waals surface area contributed by atoms with E-state index in [4.69, 9.17) is 11.6 Å². The average Bonchev–Trinajstić information content (AvgIpc) is 2.16. The van der Waals surface area contributed by atoms with Gasteiger partial charge in [0, 0.05) is 0 Å². The summed E-state index contributed by atoms with van der Waals surface area (Å²) in [6.45, 7) is 0. The maximum absolute atomic E-state index is 12.3. The lowest BCUT2D eigenvalue weighted by Crippen LogP contribution is -2.19. The van der Waals surface area contributed by atoms with Gasteiger partial charge in [-0.1, -0.05) is 11.6 Å². The number of benzene rings is 1. The first-order chi connectivity index (χ1) is 7.18. The van der Waals surface area contributed by atoms with Crippen LogP contribution in [0.4, 0.5) is 13.2 Å². The van der Waals surface area contributed by atoms with Gasteiger partial charge >= 0.3 is 6.18 Å². The van der Waals surface area contributed by atoms with E-state index in [2.05, 4.69) is 0 Å². The van der Waals surface area contributed by atoms with E-state index in [1.165, 1.54) is 0 Å². The zero-order chi connectivity index (χ0) is 12.6. The van der Waals surface area contributed by atoms with Crippen LogP contribution in [-0.4, -0.2) is 15.5 Å². The van der Waals surface area contributed by atoms with E-state index >= 15 is 0 Å². The van der Waals surface area contributed by atoms with Crippen LogP contribution in [0.3, 0.4) is 0 Å². The number of alkyl halides is 3. The Kier molecular flexibility index (Phi) is 3.51. The summed E-state index contributed by atoms with van der Waals surface area (Å²) in [5.41, 5.74) is -1.06. The second-order valence-electron chi connectivity index (χ2n) is 2.85. The Hall–Kier alpha value is -0.790. The molecule has 1 aromatic rings. The fourth-order valence-corrected chi connectivity index (χ4v) is 2.24. The van der Waals surface area contributed by atoms with E-state index < -0.39 is 26.7 Å². The van der Waals surface area contributed by atoms with Crippen LogP contribution in [0.2, 0.25) is 5.02 Å². The molecule has 0 saturated carbocycles. The molecule has 1 N–H and O–H groups in total. The zero-order valence-corrected chi connectivity index (χ0v) is 9.54. The van der Waals surface area contributed by atoms with Crippen molar-refractivity contribution in [3.05, 3.63) is 28.8 Å². The molecule has 90 valence electrons. The number of rotatable bonds is 2. The maximum atomic E-state index is 12.3. The molecule has 1 rings (SSSR count). The van der Waals surface area contributed by atoms with Gasteiger partial charge < -0.3 is 0 Å². The Labute approximate surface area is 95.3 Å². The minimum atomic E-state index is -4.61. The summed E-state index contributed by atoms with van der Waals surface area (Å²) in [6.07, 6.45) is -4.61. The molecular weight excluding hydrogens is 267 g/mol. The normalized spacial score (nSPS) is 12.8. The van der Waals surface area contributed by atoms with E-state index in [0.717, 1.165) is 19.2 Å². The summed E-state index contributed by atoms with van der Waals surface area (Å²) in [4.78, 5) is -0.591. The molecule has 0 heterocycles. The maximum Gasteiger partial charge on any atom is 0.416 e. The van der Waals surface area contributed by atoms with Gasteiger partial charge in [0.25, 0.3) is 0 Å². The van der Waals surface area contributed by atoms with E-state index in [1.807, 2.05) is 4.72 Å². The van der Waals surface area contributed by atoms with Crippen molar-refractivity contribution in [2.24, 2.45) is 0 Å². The van der Waals surface area contributed by atoms with E-state index in [9.17, 15) is 21.6 Å². The Balaban J connectivity index is 3.42. The predicted molar refractivity (Wildman–Crippen MR) is 52.7 cm³/mol. The molecule has 8 heteroatoms. The summed E-state index contributed by atoms with van der Waals surface area (Å²) in [5, 5.41) is -0.262. The molecule has 0 amide bonds. The topological polar surface area (TPSA) is 46.2 Å². The van der Waals surface area contributed by atoms with E-state index in [0.29, 0.717) is 6.07 Å². The molecule has 3 nitrogen and oxygen atoms in total.